The van der Waals surface area contributed by atoms with E-state index in [4.69, 9.17) is 0 Å². The number of rotatable bonds is 5. The first-order valence-electron chi connectivity index (χ1n) is 6.04. The Hall–Kier alpha value is -1.40. The number of aliphatic hydroxyl groups is 1. The van der Waals surface area contributed by atoms with E-state index in [1.807, 2.05) is 13.8 Å². The van der Waals surface area contributed by atoms with E-state index in [9.17, 15) is 14.7 Å². The lowest BCUT2D eigenvalue weighted by Gasteiger charge is -2.15. The number of nitrogens with zero attached hydrogens (tertiary/aromatic N) is 1. The number of nitrogens with one attached hydrogen (secondary N) is 2. The monoisotopic (exact) mass is 255 g/mol. The Morgan fingerprint density at radius 1 is 1.28 bits per heavy atom. The molecule has 0 aliphatic rings. The van der Waals surface area contributed by atoms with Crippen molar-refractivity contribution in [3.8, 4) is 0 Å². The molecule has 3 N–H and O–H groups in total. The first kappa shape index (κ1) is 14.7. The molecule has 6 heteroatoms. The fourth-order valence-corrected chi connectivity index (χ4v) is 1.57. The number of aromatic amines is 1. The Kier molecular flexibility index (Phi) is 4.86. The van der Waals surface area contributed by atoms with Gasteiger partial charge in [0.05, 0.1) is 12.6 Å². The summed E-state index contributed by atoms with van der Waals surface area (Å²) in [6.07, 6.45) is -0.720. The fourth-order valence-electron chi connectivity index (χ4n) is 1.57. The van der Waals surface area contributed by atoms with Gasteiger partial charge < -0.3 is 10.4 Å². The zero-order valence-electron chi connectivity index (χ0n) is 11.3. The lowest BCUT2D eigenvalue weighted by molar-refractivity contribution is 0.142. The SMILES string of the molecule is Cc1c(C)c(=O)n(CC(O)CNC(C)C)[nH]c1=O. The maximum absolute atomic E-state index is 11.9. The van der Waals surface area contributed by atoms with Gasteiger partial charge in [-0.15, -0.1) is 0 Å². The Morgan fingerprint density at radius 2 is 1.89 bits per heavy atom. The van der Waals surface area contributed by atoms with Crippen molar-refractivity contribution < 1.29 is 5.11 Å². The van der Waals surface area contributed by atoms with Crippen molar-refractivity contribution in [2.24, 2.45) is 0 Å². The number of hydrogen-bond acceptors (Lipinski definition) is 4. The smallest absolute Gasteiger partial charge is 0.268 e. The third-order valence-corrected chi connectivity index (χ3v) is 2.86. The first-order valence-corrected chi connectivity index (χ1v) is 6.04. The van der Waals surface area contributed by atoms with Crippen LogP contribution in [0.3, 0.4) is 0 Å². The van der Waals surface area contributed by atoms with Crippen LogP contribution in [0.2, 0.25) is 0 Å². The normalized spacial score (nSPS) is 13.0. The van der Waals surface area contributed by atoms with Crippen molar-refractivity contribution in [2.45, 2.75) is 46.4 Å². The summed E-state index contributed by atoms with van der Waals surface area (Å²) < 4.78 is 1.16. The van der Waals surface area contributed by atoms with Crippen molar-refractivity contribution in [3.63, 3.8) is 0 Å². The molecule has 0 spiro atoms. The molecule has 1 aromatic heterocycles. The summed E-state index contributed by atoms with van der Waals surface area (Å²) in [5.41, 5.74) is 0.278. The molecular formula is C12H21N3O3. The van der Waals surface area contributed by atoms with Gasteiger partial charge >= 0.3 is 0 Å². The van der Waals surface area contributed by atoms with Crippen LogP contribution in [-0.2, 0) is 6.54 Å². The number of hydrogen-bond donors (Lipinski definition) is 3. The third kappa shape index (κ3) is 3.54. The summed E-state index contributed by atoms with van der Waals surface area (Å²) in [5, 5.41) is 15.3. The van der Waals surface area contributed by atoms with Gasteiger partial charge in [0.25, 0.3) is 11.1 Å². The summed E-state index contributed by atoms with van der Waals surface area (Å²) in [7, 11) is 0. The van der Waals surface area contributed by atoms with Crippen LogP contribution in [0.15, 0.2) is 9.59 Å². The van der Waals surface area contributed by atoms with Crippen molar-refractivity contribution in [1.29, 1.82) is 0 Å². The molecule has 0 aliphatic carbocycles. The van der Waals surface area contributed by atoms with Crippen LogP contribution >= 0.6 is 0 Å². The lowest BCUT2D eigenvalue weighted by atomic mass is 10.2. The van der Waals surface area contributed by atoms with Crippen LogP contribution in [-0.4, -0.2) is 33.6 Å². The minimum Gasteiger partial charge on any atom is -0.390 e. The zero-order valence-corrected chi connectivity index (χ0v) is 11.3. The molecule has 1 aromatic rings. The van der Waals surface area contributed by atoms with E-state index < -0.39 is 6.10 Å². The van der Waals surface area contributed by atoms with Crippen LogP contribution in [0.1, 0.15) is 25.0 Å². The molecule has 0 radical (unpaired) electrons. The minimum atomic E-state index is -0.720. The molecule has 1 rings (SSSR count). The van der Waals surface area contributed by atoms with Crippen LogP contribution in [0.5, 0.6) is 0 Å². The molecule has 0 saturated heterocycles. The summed E-state index contributed by atoms with van der Waals surface area (Å²) in [6.45, 7) is 7.61. The average Bonchev–Trinajstić information content (AvgIpc) is 2.30. The molecule has 1 heterocycles. The Morgan fingerprint density at radius 3 is 2.44 bits per heavy atom. The van der Waals surface area contributed by atoms with Crippen molar-refractivity contribution in [1.82, 2.24) is 15.1 Å². The van der Waals surface area contributed by atoms with Crippen LogP contribution in [0, 0.1) is 13.8 Å². The molecule has 18 heavy (non-hydrogen) atoms. The van der Waals surface area contributed by atoms with E-state index in [1.54, 1.807) is 13.8 Å². The highest BCUT2D eigenvalue weighted by molar-refractivity contribution is 5.17. The predicted octanol–water partition coefficient (Wildman–Crippen LogP) is -0.488. The molecule has 0 bridgehead atoms. The lowest BCUT2D eigenvalue weighted by Crippen LogP contribution is -2.40. The maximum Gasteiger partial charge on any atom is 0.268 e. The summed E-state index contributed by atoms with van der Waals surface area (Å²) in [6, 6.07) is 0.259. The highest BCUT2D eigenvalue weighted by Gasteiger charge is 2.11. The van der Waals surface area contributed by atoms with Gasteiger partial charge in [0.15, 0.2) is 0 Å². The molecule has 0 aliphatic heterocycles. The Balaban J connectivity index is 2.86. The highest BCUT2D eigenvalue weighted by atomic mass is 16.3. The van der Waals surface area contributed by atoms with Crippen LogP contribution in [0.4, 0.5) is 0 Å². The summed E-state index contributed by atoms with van der Waals surface area (Å²) in [5.74, 6) is 0. The van der Waals surface area contributed by atoms with Gasteiger partial charge in [0.2, 0.25) is 0 Å². The minimum absolute atomic E-state index is 0.0783. The Bertz CT molecular complexity index is 516. The summed E-state index contributed by atoms with van der Waals surface area (Å²) in [4.78, 5) is 23.4. The third-order valence-electron chi connectivity index (χ3n) is 2.86. The van der Waals surface area contributed by atoms with E-state index in [2.05, 4.69) is 10.4 Å². The van der Waals surface area contributed by atoms with Gasteiger partial charge in [0, 0.05) is 23.7 Å². The number of aromatic nitrogens is 2. The average molecular weight is 255 g/mol. The van der Waals surface area contributed by atoms with Gasteiger partial charge in [-0.2, -0.15) is 0 Å². The van der Waals surface area contributed by atoms with Gasteiger partial charge in [-0.3, -0.25) is 14.7 Å². The molecule has 0 amide bonds. The van der Waals surface area contributed by atoms with E-state index in [1.165, 1.54) is 0 Å². The highest BCUT2D eigenvalue weighted by Crippen LogP contribution is 1.93. The molecule has 6 nitrogen and oxygen atoms in total. The summed E-state index contributed by atoms with van der Waals surface area (Å²) >= 11 is 0. The van der Waals surface area contributed by atoms with Gasteiger partial charge in [0.1, 0.15) is 0 Å². The number of aliphatic hydroxyl groups excluding tert-OH is 1. The molecular weight excluding hydrogens is 234 g/mol. The van der Waals surface area contributed by atoms with Crippen molar-refractivity contribution in [3.05, 3.63) is 31.8 Å². The molecule has 1 atom stereocenters. The maximum atomic E-state index is 11.9. The topological polar surface area (TPSA) is 87.1 Å². The molecule has 0 fully saturated rings. The largest absolute Gasteiger partial charge is 0.390 e. The molecule has 0 saturated carbocycles. The standard InChI is InChI=1S/C12H21N3O3/c1-7(2)13-5-10(16)6-15-12(18)9(4)8(3)11(17)14-15/h7,10,13,16H,5-6H2,1-4H3,(H,14,17). The van der Waals surface area contributed by atoms with Crippen molar-refractivity contribution >= 4 is 0 Å². The number of H-pyrrole nitrogens is 1. The van der Waals surface area contributed by atoms with E-state index >= 15 is 0 Å². The van der Waals surface area contributed by atoms with Gasteiger partial charge in [-0.05, 0) is 13.8 Å². The van der Waals surface area contributed by atoms with Crippen LogP contribution < -0.4 is 16.4 Å². The fraction of sp³-hybridized carbons (Fsp3) is 0.667. The zero-order chi connectivity index (χ0) is 13.9. The second-order valence-corrected chi connectivity index (χ2v) is 4.82. The van der Waals surface area contributed by atoms with E-state index in [0.29, 0.717) is 17.7 Å². The second kappa shape index (κ2) is 5.97. The van der Waals surface area contributed by atoms with E-state index in [0.717, 1.165) is 4.68 Å². The van der Waals surface area contributed by atoms with Gasteiger partial charge in [-0.1, -0.05) is 13.8 Å². The molecule has 0 aromatic carbocycles. The molecule has 1 unspecified atom stereocenters. The predicted molar refractivity (Wildman–Crippen MR) is 69.9 cm³/mol. The van der Waals surface area contributed by atoms with Crippen LogP contribution in [0.25, 0.3) is 0 Å². The first-order chi connectivity index (χ1) is 8.32. The van der Waals surface area contributed by atoms with E-state index in [-0.39, 0.29) is 23.7 Å². The van der Waals surface area contributed by atoms with Gasteiger partial charge in [-0.25, -0.2) is 4.68 Å². The Labute approximate surface area is 106 Å². The molecule has 102 valence electrons. The quantitative estimate of drug-likeness (QED) is 0.663. The second-order valence-electron chi connectivity index (χ2n) is 4.82. The van der Waals surface area contributed by atoms with Crippen molar-refractivity contribution in [2.75, 3.05) is 6.54 Å².